The summed E-state index contributed by atoms with van der Waals surface area (Å²) in [5.74, 6) is -2.57. The Hall–Kier alpha value is -2.74. The van der Waals surface area contributed by atoms with E-state index in [1.807, 2.05) is 13.8 Å². The molecule has 0 aliphatic carbocycles. The van der Waals surface area contributed by atoms with Gasteiger partial charge in [0, 0.05) is 50.9 Å². The Kier molecular flexibility index (Phi) is 11.2. The number of benzene rings is 1. The number of nitrogens with one attached hydrogen (secondary N) is 1. The Morgan fingerprint density at radius 3 is 2.42 bits per heavy atom. The van der Waals surface area contributed by atoms with Gasteiger partial charge < -0.3 is 49.8 Å². The summed E-state index contributed by atoms with van der Waals surface area (Å²) in [5.41, 5.74) is 0.851. The maximum Gasteiger partial charge on any atom is 0.342 e. The van der Waals surface area contributed by atoms with Crippen molar-refractivity contribution in [1.29, 1.82) is 0 Å². The summed E-state index contributed by atoms with van der Waals surface area (Å²) in [6.07, 6.45) is -6.89. The van der Waals surface area contributed by atoms with Gasteiger partial charge in [-0.05, 0) is 31.4 Å². The number of amides is 1. The summed E-state index contributed by atoms with van der Waals surface area (Å²) in [5, 5.41) is 56.0. The molecule has 3 rings (SSSR count). The van der Waals surface area contributed by atoms with Gasteiger partial charge >= 0.3 is 5.97 Å². The highest BCUT2D eigenvalue weighted by Crippen LogP contribution is 2.42. The van der Waals surface area contributed by atoms with Crippen LogP contribution in [0.1, 0.15) is 68.4 Å². The quantitative estimate of drug-likeness (QED) is 0.115. The Morgan fingerprint density at radius 2 is 1.84 bits per heavy atom. The van der Waals surface area contributed by atoms with Crippen molar-refractivity contribution in [3.8, 4) is 11.5 Å². The highest BCUT2D eigenvalue weighted by Gasteiger charge is 2.48. The van der Waals surface area contributed by atoms with Gasteiger partial charge in [0.15, 0.2) is 12.3 Å². The molecule has 0 radical (unpaired) electrons. The van der Waals surface area contributed by atoms with Crippen LogP contribution < -0.4 is 5.32 Å². The molecule has 1 fully saturated rings. The van der Waals surface area contributed by atoms with Crippen LogP contribution in [0.5, 0.6) is 11.5 Å². The number of phenolic OH excluding ortho intramolecular Hbond substituents is 2. The topological polar surface area (TPSA) is 184 Å². The largest absolute Gasteiger partial charge is 0.508 e. The van der Waals surface area contributed by atoms with Crippen LogP contribution >= 0.6 is 0 Å². The Morgan fingerprint density at radius 1 is 1.19 bits per heavy atom. The third-order valence-electron chi connectivity index (χ3n) is 9.02. The average molecular weight is 610 g/mol. The number of rotatable bonds is 12. The van der Waals surface area contributed by atoms with Crippen molar-refractivity contribution in [2.45, 2.75) is 109 Å². The van der Waals surface area contributed by atoms with E-state index in [1.54, 1.807) is 20.8 Å². The van der Waals surface area contributed by atoms with Gasteiger partial charge in [-0.15, -0.1) is 6.58 Å². The van der Waals surface area contributed by atoms with Gasteiger partial charge in [-0.25, -0.2) is 4.79 Å². The van der Waals surface area contributed by atoms with Gasteiger partial charge in [0.25, 0.3) is 5.91 Å². The molecule has 9 atom stereocenters. The summed E-state index contributed by atoms with van der Waals surface area (Å²) in [4.78, 5) is 25.6. The number of ether oxygens (including phenoxy) is 4. The number of aromatic hydroxyl groups is 2. The van der Waals surface area contributed by atoms with Gasteiger partial charge in [-0.2, -0.15) is 0 Å². The zero-order chi connectivity index (χ0) is 32.4. The number of cyclic esters (lactones) is 1. The number of carbonyl (C=O) groups excluding carboxylic acids is 2. The molecule has 43 heavy (non-hydrogen) atoms. The molecule has 0 saturated carbocycles. The molecule has 12 heteroatoms. The second-order valence-electron chi connectivity index (χ2n) is 12.5. The number of phenols is 2. The first-order valence-corrected chi connectivity index (χ1v) is 14.5. The van der Waals surface area contributed by atoms with E-state index in [-0.39, 0.29) is 42.7 Å². The molecule has 2 aliphatic rings. The van der Waals surface area contributed by atoms with E-state index >= 15 is 0 Å². The summed E-state index contributed by atoms with van der Waals surface area (Å²) in [6.45, 7) is 12.6. The smallest absolute Gasteiger partial charge is 0.342 e. The molecule has 4 unspecified atom stereocenters. The van der Waals surface area contributed by atoms with Gasteiger partial charge in [-0.1, -0.05) is 26.3 Å². The summed E-state index contributed by atoms with van der Waals surface area (Å²) in [6, 6.07) is 1.10. The molecule has 2 heterocycles. The van der Waals surface area contributed by atoms with Crippen LogP contribution in [-0.2, 0) is 30.2 Å². The van der Waals surface area contributed by atoms with Crippen LogP contribution in [0, 0.1) is 18.3 Å². The lowest BCUT2D eigenvalue weighted by atomic mass is 9.73. The zero-order valence-corrected chi connectivity index (χ0v) is 26.0. The van der Waals surface area contributed by atoms with Crippen molar-refractivity contribution in [3.63, 3.8) is 0 Å². The van der Waals surface area contributed by atoms with Gasteiger partial charge in [0.1, 0.15) is 29.3 Å². The van der Waals surface area contributed by atoms with Crippen molar-refractivity contribution in [2.24, 2.45) is 11.3 Å². The number of esters is 1. The van der Waals surface area contributed by atoms with Crippen molar-refractivity contribution >= 4 is 11.9 Å². The molecule has 1 aromatic rings. The van der Waals surface area contributed by atoms with E-state index in [9.17, 15) is 35.1 Å². The monoisotopic (exact) mass is 609 g/mol. The standard InChI is InChI=1S/C31H47NO11/c1-14(2)9-22(40-7)27(37)28(38)32-29(41-8)23-13-24(36)31(5,6)25(42-23)12-19(34)16(4)21-10-17-15(3)18(33)11-20(35)26(17)30(39)43-21/h11,16,19,21-25,27,29,33-37H,1,9-10,12-13H2,2-8H3,(H,32,38)/t16-,19+,21-,22+,23+,24?,25?,27?,29?/m1/s1. The highest BCUT2D eigenvalue weighted by molar-refractivity contribution is 5.96. The number of hydrogen-bond acceptors (Lipinski definition) is 11. The molecule has 0 spiro atoms. The zero-order valence-electron chi connectivity index (χ0n) is 26.0. The van der Waals surface area contributed by atoms with E-state index in [1.165, 1.54) is 14.2 Å². The molecule has 1 amide bonds. The number of carbonyl (C=O) groups is 2. The number of fused-ring (bicyclic) bond motifs is 1. The minimum Gasteiger partial charge on any atom is -0.508 e. The SMILES string of the molecule is C=C(C)C[C@H](OC)C(O)C(=O)NC(OC)[C@@H]1CC(O)C(C)(C)C(C[C@H](O)[C@@H](C)[C@H]2Cc3c(C)c(O)cc(O)c3C(=O)O2)O1. The molecule has 242 valence electrons. The minimum absolute atomic E-state index is 0.00479. The molecule has 0 aromatic heterocycles. The normalized spacial score (nSPS) is 26.8. The van der Waals surface area contributed by atoms with Gasteiger partial charge in [0.05, 0.1) is 24.4 Å². The van der Waals surface area contributed by atoms with Crippen LogP contribution in [0.15, 0.2) is 18.2 Å². The third-order valence-corrected chi connectivity index (χ3v) is 9.02. The molecule has 6 N–H and O–H groups in total. The van der Waals surface area contributed by atoms with E-state index in [0.29, 0.717) is 11.1 Å². The fraction of sp³-hybridized carbons (Fsp3) is 0.677. The predicted molar refractivity (Wildman–Crippen MR) is 155 cm³/mol. The first kappa shape index (κ1) is 34.7. The lowest BCUT2D eigenvalue weighted by Gasteiger charge is -2.48. The molecule has 2 aliphatic heterocycles. The van der Waals surface area contributed by atoms with Crippen LogP contribution in [0.2, 0.25) is 0 Å². The first-order valence-electron chi connectivity index (χ1n) is 14.5. The number of hydrogen-bond donors (Lipinski definition) is 6. The maximum absolute atomic E-state index is 12.9. The number of methoxy groups -OCH3 is 2. The minimum atomic E-state index is -1.50. The summed E-state index contributed by atoms with van der Waals surface area (Å²) in [7, 11) is 2.76. The highest BCUT2D eigenvalue weighted by atomic mass is 16.6. The van der Waals surface area contributed by atoms with Crippen LogP contribution in [0.25, 0.3) is 0 Å². The van der Waals surface area contributed by atoms with Crippen molar-refractivity contribution in [1.82, 2.24) is 5.32 Å². The average Bonchev–Trinajstić information content (AvgIpc) is 2.94. The van der Waals surface area contributed by atoms with Crippen molar-refractivity contribution < 1.29 is 54.1 Å². The molecule has 1 saturated heterocycles. The van der Waals surface area contributed by atoms with E-state index < -0.39 is 72.2 Å². The lowest BCUT2D eigenvalue weighted by molar-refractivity contribution is -0.217. The molecule has 12 nitrogen and oxygen atoms in total. The van der Waals surface area contributed by atoms with E-state index in [4.69, 9.17) is 18.9 Å². The van der Waals surface area contributed by atoms with Gasteiger partial charge in [0.2, 0.25) is 0 Å². The predicted octanol–water partition coefficient (Wildman–Crippen LogP) is 1.85. The maximum atomic E-state index is 12.9. The molecular weight excluding hydrogens is 562 g/mol. The van der Waals surface area contributed by atoms with Crippen molar-refractivity contribution in [3.05, 3.63) is 34.9 Å². The Balaban J connectivity index is 1.73. The van der Waals surface area contributed by atoms with E-state index in [2.05, 4.69) is 11.9 Å². The fourth-order valence-electron chi connectivity index (χ4n) is 5.80. The molecule has 0 bridgehead atoms. The molecular formula is C31H47NO11. The summed E-state index contributed by atoms with van der Waals surface area (Å²) < 4.78 is 22.7. The Labute approximate surface area is 252 Å². The van der Waals surface area contributed by atoms with E-state index in [0.717, 1.165) is 11.6 Å². The number of aliphatic hydroxyl groups is 3. The molecule has 1 aromatic carbocycles. The second-order valence-corrected chi connectivity index (χ2v) is 12.5. The number of aliphatic hydroxyl groups excluding tert-OH is 3. The van der Waals surface area contributed by atoms with Crippen molar-refractivity contribution in [2.75, 3.05) is 14.2 Å². The lowest BCUT2D eigenvalue weighted by Crippen LogP contribution is -2.59. The summed E-state index contributed by atoms with van der Waals surface area (Å²) >= 11 is 0. The van der Waals surface area contributed by atoms with Crippen LogP contribution in [0.3, 0.4) is 0 Å². The third kappa shape index (κ3) is 7.50. The second kappa shape index (κ2) is 13.9. The Bertz CT molecular complexity index is 1180. The first-order chi connectivity index (χ1) is 20.0. The van der Waals surface area contributed by atoms with Crippen LogP contribution in [-0.4, -0.2) is 101 Å². The fourth-order valence-corrected chi connectivity index (χ4v) is 5.80. The van der Waals surface area contributed by atoms with Gasteiger partial charge in [-0.3, -0.25) is 4.79 Å². The van der Waals surface area contributed by atoms with Crippen LogP contribution in [0.4, 0.5) is 0 Å².